The number of carbonyl (C=O) groups excluding carboxylic acids is 1. The molecule has 0 radical (unpaired) electrons. The van der Waals surface area contributed by atoms with E-state index in [1.54, 1.807) is 0 Å². The van der Waals surface area contributed by atoms with E-state index in [4.69, 9.17) is 5.11 Å². The molecular formula is C18H37N3O3. The van der Waals surface area contributed by atoms with Crippen LogP contribution < -0.4 is 5.32 Å². The summed E-state index contributed by atoms with van der Waals surface area (Å²) in [5.74, 6) is -0.757. The molecule has 0 aromatic carbocycles. The first-order chi connectivity index (χ1) is 11.5. The van der Waals surface area contributed by atoms with Crippen LogP contribution in [0.3, 0.4) is 0 Å². The summed E-state index contributed by atoms with van der Waals surface area (Å²) in [6.45, 7) is 9.56. The third kappa shape index (κ3) is 14.5. The van der Waals surface area contributed by atoms with E-state index in [0.29, 0.717) is 26.1 Å². The number of carboxylic acids is 1. The molecule has 0 aromatic rings. The molecule has 142 valence electrons. The first-order valence-electron chi connectivity index (χ1n) is 9.39. The van der Waals surface area contributed by atoms with Gasteiger partial charge in [0.2, 0.25) is 5.91 Å². The largest absolute Gasteiger partial charge is 0.481 e. The van der Waals surface area contributed by atoms with Gasteiger partial charge in [-0.2, -0.15) is 0 Å². The fraction of sp³-hybridized carbons (Fsp3) is 0.889. The van der Waals surface area contributed by atoms with Crippen LogP contribution >= 0.6 is 0 Å². The number of aliphatic carboxylic acids is 1. The van der Waals surface area contributed by atoms with Gasteiger partial charge >= 0.3 is 5.97 Å². The summed E-state index contributed by atoms with van der Waals surface area (Å²) in [6, 6.07) is 0. The zero-order chi connectivity index (χ0) is 18.2. The van der Waals surface area contributed by atoms with E-state index < -0.39 is 5.97 Å². The van der Waals surface area contributed by atoms with Crippen molar-refractivity contribution < 1.29 is 14.7 Å². The van der Waals surface area contributed by atoms with Crippen LogP contribution in [-0.4, -0.2) is 73.1 Å². The zero-order valence-electron chi connectivity index (χ0n) is 15.9. The molecule has 0 aliphatic rings. The Hall–Kier alpha value is -1.14. The van der Waals surface area contributed by atoms with Crippen LogP contribution in [0.15, 0.2) is 0 Å². The Bertz CT molecular complexity index is 329. The van der Waals surface area contributed by atoms with E-state index in [9.17, 15) is 9.59 Å². The minimum atomic E-state index is -0.804. The minimum absolute atomic E-state index is 0.0471. The number of carbonyl (C=O) groups is 2. The summed E-state index contributed by atoms with van der Waals surface area (Å²) in [7, 11) is 1.84. The molecule has 0 atom stereocenters. The van der Waals surface area contributed by atoms with Crippen molar-refractivity contribution in [1.29, 1.82) is 0 Å². The highest BCUT2D eigenvalue weighted by atomic mass is 16.4. The van der Waals surface area contributed by atoms with Gasteiger partial charge < -0.3 is 20.2 Å². The Balaban J connectivity index is 3.75. The molecule has 6 nitrogen and oxygen atoms in total. The second kappa shape index (κ2) is 15.4. The third-order valence-corrected chi connectivity index (χ3v) is 4.06. The number of nitrogens with one attached hydrogen (secondary N) is 1. The lowest BCUT2D eigenvalue weighted by Crippen LogP contribution is -2.33. The summed E-state index contributed by atoms with van der Waals surface area (Å²) in [6.07, 6.45) is 6.42. The van der Waals surface area contributed by atoms with E-state index in [1.165, 1.54) is 25.7 Å². The lowest BCUT2D eigenvalue weighted by Gasteiger charge is -2.22. The Morgan fingerprint density at radius 1 is 0.875 bits per heavy atom. The maximum atomic E-state index is 11.8. The van der Waals surface area contributed by atoms with Crippen LogP contribution in [0.5, 0.6) is 0 Å². The molecule has 6 heteroatoms. The van der Waals surface area contributed by atoms with E-state index in [2.05, 4.69) is 24.1 Å². The predicted molar refractivity (Wildman–Crippen MR) is 98.2 cm³/mol. The van der Waals surface area contributed by atoms with E-state index in [1.807, 2.05) is 11.9 Å². The molecule has 0 aromatic heterocycles. The molecular weight excluding hydrogens is 306 g/mol. The fourth-order valence-corrected chi connectivity index (χ4v) is 2.41. The maximum absolute atomic E-state index is 11.8. The Morgan fingerprint density at radius 3 is 1.96 bits per heavy atom. The van der Waals surface area contributed by atoms with Crippen molar-refractivity contribution in [2.75, 3.05) is 46.3 Å². The van der Waals surface area contributed by atoms with Gasteiger partial charge in [-0.15, -0.1) is 0 Å². The van der Waals surface area contributed by atoms with Gasteiger partial charge in [0.15, 0.2) is 0 Å². The number of amides is 1. The minimum Gasteiger partial charge on any atom is -0.481 e. The molecule has 0 aliphatic carbocycles. The summed E-state index contributed by atoms with van der Waals surface area (Å²) < 4.78 is 0. The van der Waals surface area contributed by atoms with Crippen molar-refractivity contribution in [1.82, 2.24) is 15.1 Å². The first-order valence-corrected chi connectivity index (χ1v) is 9.39. The molecule has 0 bridgehead atoms. The Labute approximate surface area is 147 Å². The summed E-state index contributed by atoms with van der Waals surface area (Å²) >= 11 is 0. The molecule has 2 N–H and O–H groups in total. The summed E-state index contributed by atoms with van der Waals surface area (Å²) in [4.78, 5) is 26.7. The van der Waals surface area contributed by atoms with Crippen molar-refractivity contribution >= 4 is 11.9 Å². The summed E-state index contributed by atoms with van der Waals surface area (Å²) in [5, 5.41) is 11.6. The van der Waals surface area contributed by atoms with Gasteiger partial charge in [-0.05, 0) is 45.9 Å². The highest BCUT2D eigenvalue weighted by molar-refractivity contribution is 5.76. The third-order valence-electron chi connectivity index (χ3n) is 4.06. The molecule has 24 heavy (non-hydrogen) atoms. The van der Waals surface area contributed by atoms with Crippen molar-refractivity contribution in [2.45, 2.75) is 58.8 Å². The highest BCUT2D eigenvalue weighted by Gasteiger charge is 2.07. The second-order valence-electron chi connectivity index (χ2n) is 6.45. The van der Waals surface area contributed by atoms with Gasteiger partial charge in [-0.1, -0.05) is 26.7 Å². The average molecular weight is 344 g/mol. The maximum Gasteiger partial charge on any atom is 0.304 e. The normalized spacial score (nSPS) is 11.2. The number of hydrogen-bond donors (Lipinski definition) is 2. The van der Waals surface area contributed by atoms with Gasteiger partial charge in [0.05, 0.1) is 6.42 Å². The first kappa shape index (κ1) is 22.9. The standard InChI is InChI=1S/C18H37N3O3/c1-4-6-12-21(13-7-5-2)14-8-11-19-17(22)9-15-20(3)16-10-18(23)24/h4-16H2,1-3H3,(H,19,22)(H,23,24). The monoisotopic (exact) mass is 343 g/mol. The van der Waals surface area contributed by atoms with Crippen LogP contribution in [0.25, 0.3) is 0 Å². The lowest BCUT2D eigenvalue weighted by molar-refractivity contribution is -0.137. The fourth-order valence-electron chi connectivity index (χ4n) is 2.41. The zero-order valence-corrected chi connectivity index (χ0v) is 15.9. The molecule has 0 aliphatic heterocycles. The summed E-state index contributed by atoms with van der Waals surface area (Å²) in [5.41, 5.74) is 0. The number of hydrogen-bond acceptors (Lipinski definition) is 4. The molecule has 1 amide bonds. The molecule has 0 saturated heterocycles. The number of unbranched alkanes of at least 4 members (excludes halogenated alkanes) is 2. The average Bonchev–Trinajstić information content (AvgIpc) is 2.56. The molecule has 0 saturated carbocycles. The van der Waals surface area contributed by atoms with Gasteiger partial charge in [0.1, 0.15) is 0 Å². The van der Waals surface area contributed by atoms with Crippen molar-refractivity contribution in [2.24, 2.45) is 0 Å². The SMILES string of the molecule is CCCCN(CCCC)CCCNC(=O)CCN(C)CCC(=O)O. The van der Waals surface area contributed by atoms with Gasteiger partial charge in [-0.25, -0.2) is 0 Å². The van der Waals surface area contributed by atoms with Gasteiger partial charge in [0.25, 0.3) is 0 Å². The van der Waals surface area contributed by atoms with Crippen LogP contribution in [-0.2, 0) is 9.59 Å². The second-order valence-corrected chi connectivity index (χ2v) is 6.45. The predicted octanol–water partition coefficient (Wildman–Crippen LogP) is 2.19. The van der Waals surface area contributed by atoms with E-state index in [0.717, 1.165) is 26.1 Å². The van der Waals surface area contributed by atoms with Crippen LogP contribution in [0.1, 0.15) is 58.8 Å². The highest BCUT2D eigenvalue weighted by Crippen LogP contribution is 2.00. The van der Waals surface area contributed by atoms with Crippen molar-refractivity contribution in [3.8, 4) is 0 Å². The Morgan fingerprint density at radius 2 is 1.42 bits per heavy atom. The van der Waals surface area contributed by atoms with Crippen LogP contribution in [0.4, 0.5) is 0 Å². The smallest absolute Gasteiger partial charge is 0.304 e. The molecule has 0 heterocycles. The van der Waals surface area contributed by atoms with E-state index in [-0.39, 0.29) is 12.3 Å². The molecule has 0 rings (SSSR count). The number of nitrogens with zero attached hydrogens (tertiary/aromatic N) is 2. The topological polar surface area (TPSA) is 72.9 Å². The lowest BCUT2D eigenvalue weighted by atomic mass is 10.2. The quantitative estimate of drug-likeness (QED) is 0.420. The number of rotatable bonds is 16. The van der Waals surface area contributed by atoms with Crippen LogP contribution in [0.2, 0.25) is 0 Å². The van der Waals surface area contributed by atoms with Gasteiger partial charge in [-0.3, -0.25) is 9.59 Å². The van der Waals surface area contributed by atoms with Crippen LogP contribution in [0, 0.1) is 0 Å². The van der Waals surface area contributed by atoms with Gasteiger partial charge in [0, 0.05) is 26.1 Å². The van der Waals surface area contributed by atoms with E-state index >= 15 is 0 Å². The molecule has 0 fully saturated rings. The Kier molecular flexibility index (Phi) is 14.7. The number of carboxylic acid groups (broad SMARTS) is 1. The van der Waals surface area contributed by atoms with Crippen molar-refractivity contribution in [3.05, 3.63) is 0 Å². The van der Waals surface area contributed by atoms with Crippen molar-refractivity contribution in [3.63, 3.8) is 0 Å². The molecule has 0 unspecified atom stereocenters. The molecule has 0 spiro atoms.